The molecular formula is C27H33F4N5O2. The summed E-state index contributed by atoms with van der Waals surface area (Å²) in [6.45, 7) is 6.16. The standard InChI is InChI=1S/C27H33F4N5O2/c1-14(18-9-17(32)10-20(24(18)28)27(29,30)31)33-25-19-11-23(22(37-6)12-21(19)34-16(3)35-25)38-15(2)26(7-8-26)13-36(4)5/h9-12,14-15H,7-8,13,32H2,1-6H3,(H,33,34,35)/t14-,15+/m1/s1. The van der Waals surface area contributed by atoms with Gasteiger partial charge in [-0.25, -0.2) is 14.4 Å². The SMILES string of the molecule is COc1cc2nc(C)nc(N[C@H](C)c3cc(N)cc(C(F)(F)F)c3F)c2cc1O[C@@H](C)C1(CN(C)C)CC1. The van der Waals surface area contributed by atoms with Crippen LogP contribution in [0, 0.1) is 18.2 Å². The molecule has 1 heterocycles. The van der Waals surface area contributed by atoms with Crippen LogP contribution in [0.3, 0.4) is 0 Å². The maximum Gasteiger partial charge on any atom is 0.419 e. The Labute approximate surface area is 219 Å². The largest absolute Gasteiger partial charge is 0.493 e. The second kappa shape index (κ2) is 10.1. The molecule has 7 nitrogen and oxygen atoms in total. The zero-order chi connectivity index (χ0) is 28.0. The molecule has 3 N–H and O–H groups in total. The Kier molecular flexibility index (Phi) is 7.35. The van der Waals surface area contributed by atoms with Gasteiger partial charge in [-0.1, -0.05) is 0 Å². The van der Waals surface area contributed by atoms with Crippen molar-refractivity contribution < 1.29 is 27.0 Å². The van der Waals surface area contributed by atoms with Gasteiger partial charge in [0.1, 0.15) is 23.6 Å². The summed E-state index contributed by atoms with van der Waals surface area (Å²) < 4.78 is 67.0. The van der Waals surface area contributed by atoms with Crippen LogP contribution < -0.4 is 20.5 Å². The van der Waals surface area contributed by atoms with Gasteiger partial charge in [0.05, 0.1) is 24.2 Å². The molecular weight excluding hydrogens is 502 g/mol. The number of nitrogens with two attached hydrogens (primary N) is 1. The van der Waals surface area contributed by atoms with E-state index in [9.17, 15) is 17.6 Å². The molecule has 0 spiro atoms. The summed E-state index contributed by atoms with van der Waals surface area (Å²) in [6.07, 6.45) is -2.86. The third kappa shape index (κ3) is 5.57. The first-order chi connectivity index (χ1) is 17.7. The Morgan fingerprint density at radius 3 is 2.37 bits per heavy atom. The van der Waals surface area contributed by atoms with Crippen molar-refractivity contribution in [3.63, 3.8) is 0 Å². The predicted octanol–water partition coefficient (Wildman–Crippen LogP) is 5.97. The number of halogens is 4. The number of rotatable bonds is 9. The highest BCUT2D eigenvalue weighted by molar-refractivity contribution is 5.92. The average Bonchev–Trinajstić information content (AvgIpc) is 3.59. The zero-order valence-electron chi connectivity index (χ0n) is 22.3. The lowest BCUT2D eigenvalue weighted by molar-refractivity contribution is -0.140. The lowest BCUT2D eigenvalue weighted by Gasteiger charge is -2.28. The number of aromatic nitrogens is 2. The fourth-order valence-electron chi connectivity index (χ4n) is 4.89. The molecule has 0 bridgehead atoms. The van der Waals surface area contributed by atoms with Crippen molar-refractivity contribution in [2.75, 3.05) is 38.8 Å². The van der Waals surface area contributed by atoms with Crippen molar-refractivity contribution in [1.82, 2.24) is 14.9 Å². The molecule has 11 heteroatoms. The maximum absolute atomic E-state index is 14.9. The van der Waals surface area contributed by atoms with E-state index < -0.39 is 23.6 Å². The van der Waals surface area contributed by atoms with E-state index in [4.69, 9.17) is 15.2 Å². The monoisotopic (exact) mass is 535 g/mol. The predicted molar refractivity (Wildman–Crippen MR) is 139 cm³/mol. The first-order valence-corrected chi connectivity index (χ1v) is 12.3. The zero-order valence-corrected chi connectivity index (χ0v) is 22.3. The Morgan fingerprint density at radius 2 is 1.79 bits per heavy atom. The topological polar surface area (TPSA) is 85.5 Å². The number of anilines is 2. The maximum atomic E-state index is 14.9. The van der Waals surface area contributed by atoms with E-state index in [0.717, 1.165) is 19.4 Å². The van der Waals surface area contributed by atoms with Gasteiger partial charge in [-0.2, -0.15) is 13.2 Å². The lowest BCUT2D eigenvalue weighted by Crippen LogP contribution is -2.34. The average molecular weight is 536 g/mol. The molecule has 2 aromatic carbocycles. The van der Waals surface area contributed by atoms with Crippen LogP contribution in [-0.4, -0.2) is 48.7 Å². The molecule has 0 amide bonds. The number of hydrogen-bond donors (Lipinski definition) is 2. The van der Waals surface area contributed by atoms with E-state index in [1.165, 1.54) is 6.07 Å². The van der Waals surface area contributed by atoms with Crippen LogP contribution in [0.15, 0.2) is 24.3 Å². The summed E-state index contributed by atoms with van der Waals surface area (Å²) in [5.74, 6) is 0.360. The number of nitrogen functional groups attached to an aromatic ring is 1. The van der Waals surface area contributed by atoms with Crippen LogP contribution in [-0.2, 0) is 6.18 Å². The minimum Gasteiger partial charge on any atom is -0.493 e. The third-order valence-corrected chi connectivity index (χ3v) is 7.03. The van der Waals surface area contributed by atoms with Gasteiger partial charge >= 0.3 is 6.18 Å². The number of methoxy groups -OCH3 is 1. The van der Waals surface area contributed by atoms with Crippen LogP contribution in [0.25, 0.3) is 10.9 Å². The Morgan fingerprint density at radius 1 is 1.11 bits per heavy atom. The van der Waals surface area contributed by atoms with Gasteiger partial charge < -0.3 is 25.4 Å². The van der Waals surface area contributed by atoms with E-state index in [0.29, 0.717) is 40.1 Å². The van der Waals surface area contributed by atoms with Crippen molar-refractivity contribution in [3.8, 4) is 11.5 Å². The van der Waals surface area contributed by atoms with Crippen molar-refractivity contribution >= 4 is 22.4 Å². The third-order valence-electron chi connectivity index (χ3n) is 7.03. The van der Waals surface area contributed by atoms with Crippen molar-refractivity contribution in [2.45, 2.75) is 51.9 Å². The number of alkyl halides is 3. The molecule has 1 saturated carbocycles. The summed E-state index contributed by atoms with van der Waals surface area (Å²) in [5, 5.41) is 3.62. The van der Waals surface area contributed by atoms with E-state index in [-0.39, 0.29) is 22.8 Å². The number of hydrogen-bond acceptors (Lipinski definition) is 7. The second-order valence-corrected chi connectivity index (χ2v) is 10.3. The van der Waals surface area contributed by atoms with Gasteiger partial charge in [-0.05, 0) is 65.9 Å². The molecule has 1 aromatic heterocycles. The number of aryl methyl sites for hydroxylation is 1. The number of ether oxygens (including phenoxy) is 2. The van der Waals surface area contributed by atoms with Crippen molar-refractivity contribution in [3.05, 3.63) is 47.0 Å². The second-order valence-electron chi connectivity index (χ2n) is 10.3. The molecule has 0 radical (unpaired) electrons. The summed E-state index contributed by atoms with van der Waals surface area (Å²) >= 11 is 0. The van der Waals surface area contributed by atoms with E-state index in [1.54, 1.807) is 33.1 Å². The number of fused-ring (bicyclic) bond motifs is 1. The van der Waals surface area contributed by atoms with Gasteiger partial charge in [0.2, 0.25) is 0 Å². The molecule has 0 aliphatic heterocycles. The summed E-state index contributed by atoms with van der Waals surface area (Å²) in [6, 6.07) is 4.38. The molecule has 0 unspecified atom stereocenters. The summed E-state index contributed by atoms with van der Waals surface area (Å²) in [4.78, 5) is 11.1. The van der Waals surface area contributed by atoms with E-state index in [1.807, 2.05) is 21.0 Å². The molecule has 38 heavy (non-hydrogen) atoms. The van der Waals surface area contributed by atoms with Gasteiger partial charge in [-0.3, -0.25) is 0 Å². The molecule has 0 saturated heterocycles. The summed E-state index contributed by atoms with van der Waals surface area (Å²) in [7, 11) is 5.60. The van der Waals surface area contributed by atoms with Crippen LogP contribution >= 0.6 is 0 Å². The number of nitrogens with one attached hydrogen (secondary N) is 1. The fourth-order valence-corrected chi connectivity index (χ4v) is 4.89. The van der Waals surface area contributed by atoms with Crippen LogP contribution in [0.1, 0.15) is 49.7 Å². The molecule has 3 aromatic rings. The van der Waals surface area contributed by atoms with Gasteiger partial charge in [0, 0.05) is 34.7 Å². The van der Waals surface area contributed by atoms with Crippen molar-refractivity contribution in [1.29, 1.82) is 0 Å². The van der Waals surface area contributed by atoms with Crippen LogP contribution in [0.5, 0.6) is 11.5 Å². The highest BCUT2D eigenvalue weighted by Gasteiger charge is 2.49. The minimum absolute atomic E-state index is 0.0454. The van der Waals surface area contributed by atoms with Gasteiger partial charge in [0.25, 0.3) is 0 Å². The minimum atomic E-state index is -4.88. The quantitative estimate of drug-likeness (QED) is 0.258. The highest BCUT2D eigenvalue weighted by atomic mass is 19.4. The Hall–Kier alpha value is -3.34. The lowest BCUT2D eigenvalue weighted by atomic mass is 10.00. The molecule has 206 valence electrons. The van der Waals surface area contributed by atoms with Crippen LogP contribution in [0.2, 0.25) is 0 Å². The van der Waals surface area contributed by atoms with E-state index in [2.05, 4.69) is 20.2 Å². The van der Waals surface area contributed by atoms with E-state index >= 15 is 0 Å². The number of nitrogens with zero attached hydrogens (tertiary/aromatic N) is 3. The first kappa shape index (κ1) is 27.7. The van der Waals surface area contributed by atoms with Gasteiger partial charge in [0.15, 0.2) is 11.5 Å². The molecule has 1 aliphatic rings. The molecule has 2 atom stereocenters. The highest BCUT2D eigenvalue weighted by Crippen LogP contribution is 2.51. The number of benzene rings is 2. The van der Waals surface area contributed by atoms with Gasteiger partial charge in [-0.15, -0.1) is 0 Å². The molecule has 4 rings (SSSR count). The molecule has 1 aliphatic carbocycles. The first-order valence-electron chi connectivity index (χ1n) is 12.3. The van der Waals surface area contributed by atoms with Crippen LogP contribution in [0.4, 0.5) is 29.1 Å². The van der Waals surface area contributed by atoms with Crippen molar-refractivity contribution in [2.24, 2.45) is 5.41 Å². The fraction of sp³-hybridized carbons (Fsp3) is 0.481. The summed E-state index contributed by atoms with van der Waals surface area (Å²) in [5.41, 5.74) is 4.45. The Bertz CT molecular complexity index is 1340. The molecule has 1 fully saturated rings. The normalized spacial score (nSPS) is 16.4. The smallest absolute Gasteiger partial charge is 0.419 e. The Balaban J connectivity index is 1.72.